The van der Waals surface area contributed by atoms with Gasteiger partial charge in [0.1, 0.15) is 29.1 Å². The predicted molar refractivity (Wildman–Crippen MR) is 130 cm³/mol. The molecule has 0 atom stereocenters. The highest BCUT2D eigenvalue weighted by Gasteiger charge is 2.42. The van der Waals surface area contributed by atoms with E-state index in [2.05, 4.69) is 78.0 Å². The average molecular weight is 420 g/mol. The molecule has 4 aromatic carbocycles. The average Bonchev–Trinajstić information content (AvgIpc) is 3.33. The third-order valence-corrected chi connectivity index (χ3v) is 8.84. The van der Waals surface area contributed by atoms with Gasteiger partial charge in [0.15, 0.2) is 0 Å². The van der Waals surface area contributed by atoms with Crippen molar-refractivity contribution in [1.29, 1.82) is 0 Å². The van der Waals surface area contributed by atoms with E-state index in [4.69, 9.17) is 9.61 Å². The summed E-state index contributed by atoms with van der Waals surface area (Å²) in [4.78, 5) is 0. The standard InChI is InChI=1S/C27H21N2OP/c1-5-13-22(14-6-1)26-21-27(28-30-26)29-31(23-15-7-2-8-16-23,24-17-9-3-10-18-24)25-19-11-4-12-20-25/h1-21H. The zero-order valence-corrected chi connectivity index (χ0v) is 17.8. The monoisotopic (exact) mass is 420 g/mol. The molecule has 3 nitrogen and oxygen atoms in total. The van der Waals surface area contributed by atoms with Crippen LogP contribution in [0.1, 0.15) is 0 Å². The molecule has 31 heavy (non-hydrogen) atoms. The normalized spacial score (nSPS) is 11.2. The van der Waals surface area contributed by atoms with Crippen LogP contribution in [0, 0.1) is 0 Å². The van der Waals surface area contributed by atoms with Crippen LogP contribution in [0.4, 0.5) is 5.82 Å². The Morgan fingerprint density at radius 2 is 0.968 bits per heavy atom. The van der Waals surface area contributed by atoms with Gasteiger partial charge in [0.05, 0.1) is 0 Å². The first-order valence-electron chi connectivity index (χ1n) is 10.2. The fourth-order valence-corrected chi connectivity index (χ4v) is 7.21. The van der Waals surface area contributed by atoms with Crippen LogP contribution in [0.3, 0.4) is 0 Å². The maximum absolute atomic E-state index is 5.68. The smallest absolute Gasteiger partial charge is 0.141 e. The highest BCUT2D eigenvalue weighted by Crippen LogP contribution is 2.64. The van der Waals surface area contributed by atoms with Crippen LogP contribution >= 0.6 is 7.41 Å². The van der Waals surface area contributed by atoms with Crippen molar-refractivity contribution >= 4 is 29.1 Å². The SMILES string of the molecule is c1ccc(-c2cc([N-][P+](c3ccccc3)(c3ccccc3)c3ccccc3)no2)cc1. The van der Waals surface area contributed by atoms with Crippen molar-refractivity contribution in [2.24, 2.45) is 0 Å². The molecule has 0 N–H and O–H groups in total. The van der Waals surface area contributed by atoms with Gasteiger partial charge in [-0.05, 0) is 42.5 Å². The van der Waals surface area contributed by atoms with Crippen molar-refractivity contribution in [3.63, 3.8) is 0 Å². The van der Waals surface area contributed by atoms with Gasteiger partial charge < -0.3 is 4.52 Å². The molecule has 0 aliphatic rings. The fourth-order valence-electron chi connectivity index (χ4n) is 3.76. The van der Waals surface area contributed by atoms with Crippen LogP contribution in [0.25, 0.3) is 16.4 Å². The summed E-state index contributed by atoms with van der Waals surface area (Å²) in [7, 11) is -2.35. The first-order valence-corrected chi connectivity index (χ1v) is 11.9. The Hall–Kier alpha value is -3.68. The summed E-state index contributed by atoms with van der Waals surface area (Å²) in [5.74, 6) is 1.32. The molecular formula is C27H21N2OP. The summed E-state index contributed by atoms with van der Waals surface area (Å²) >= 11 is 0. The highest BCUT2D eigenvalue weighted by atomic mass is 31.2. The second kappa shape index (κ2) is 8.59. The third-order valence-electron chi connectivity index (χ3n) is 5.20. The summed E-state index contributed by atoms with van der Waals surface area (Å²) in [6, 6.07) is 43.5. The van der Waals surface area contributed by atoms with Crippen LogP contribution in [-0.4, -0.2) is 5.16 Å². The first kappa shape index (κ1) is 19.3. The van der Waals surface area contributed by atoms with Gasteiger partial charge in [-0.15, -0.1) is 0 Å². The maximum atomic E-state index is 5.68. The zero-order valence-electron chi connectivity index (χ0n) is 16.9. The van der Waals surface area contributed by atoms with Crippen molar-refractivity contribution in [3.05, 3.63) is 132 Å². The summed E-state index contributed by atoms with van der Waals surface area (Å²) in [6.45, 7) is 0. The van der Waals surface area contributed by atoms with Crippen LogP contribution in [0.15, 0.2) is 132 Å². The summed E-state index contributed by atoms with van der Waals surface area (Å²) in [5, 5.41) is 13.2. The van der Waals surface area contributed by atoms with E-state index in [0.717, 1.165) is 5.56 Å². The van der Waals surface area contributed by atoms with E-state index in [1.165, 1.54) is 15.9 Å². The molecule has 0 unspecified atom stereocenters. The summed E-state index contributed by atoms with van der Waals surface area (Å²) in [6.07, 6.45) is 0. The number of rotatable bonds is 6. The van der Waals surface area contributed by atoms with E-state index in [-0.39, 0.29) is 0 Å². The molecule has 5 aromatic rings. The highest BCUT2D eigenvalue weighted by molar-refractivity contribution is 7.98. The van der Waals surface area contributed by atoms with Crippen molar-refractivity contribution in [3.8, 4) is 11.3 Å². The molecule has 1 aromatic heterocycles. The second-order valence-electron chi connectivity index (χ2n) is 7.16. The largest absolute Gasteiger partial charge is 0.455 e. The van der Waals surface area contributed by atoms with E-state index in [1.54, 1.807) is 0 Å². The van der Waals surface area contributed by atoms with E-state index >= 15 is 0 Å². The number of hydrogen-bond donors (Lipinski definition) is 0. The molecule has 0 spiro atoms. The van der Waals surface area contributed by atoms with Crippen molar-refractivity contribution in [1.82, 2.24) is 5.16 Å². The van der Waals surface area contributed by atoms with Gasteiger partial charge >= 0.3 is 0 Å². The van der Waals surface area contributed by atoms with E-state index < -0.39 is 7.41 Å². The van der Waals surface area contributed by atoms with E-state index in [1.807, 2.05) is 54.6 Å². The lowest BCUT2D eigenvalue weighted by atomic mass is 10.2. The van der Waals surface area contributed by atoms with E-state index in [0.29, 0.717) is 11.6 Å². The molecule has 1 heterocycles. The minimum Gasteiger partial charge on any atom is -0.455 e. The zero-order chi connectivity index (χ0) is 20.9. The Bertz CT molecular complexity index is 1140. The van der Waals surface area contributed by atoms with Crippen LogP contribution in [0.5, 0.6) is 0 Å². The molecule has 150 valence electrons. The molecule has 0 fully saturated rings. The molecule has 0 amide bonds. The number of nitrogens with zero attached hydrogens (tertiary/aromatic N) is 2. The second-order valence-corrected chi connectivity index (χ2v) is 10.2. The lowest BCUT2D eigenvalue weighted by molar-refractivity contribution is 0.436. The van der Waals surface area contributed by atoms with Crippen molar-refractivity contribution in [2.45, 2.75) is 0 Å². The Morgan fingerprint density at radius 1 is 0.548 bits per heavy atom. The summed E-state index contributed by atoms with van der Waals surface area (Å²) in [5.41, 5.74) is 0.986. The van der Waals surface area contributed by atoms with Gasteiger partial charge in [0, 0.05) is 11.4 Å². The first-order chi connectivity index (χ1) is 15.4. The van der Waals surface area contributed by atoms with Gasteiger partial charge in [-0.1, -0.05) is 84.9 Å². The van der Waals surface area contributed by atoms with Gasteiger partial charge in [-0.25, -0.2) is 0 Å². The maximum Gasteiger partial charge on any atom is 0.141 e. The van der Waals surface area contributed by atoms with Gasteiger partial charge in [-0.2, -0.15) is 0 Å². The lowest BCUT2D eigenvalue weighted by Gasteiger charge is -2.31. The Balaban J connectivity index is 1.68. The molecule has 0 aliphatic carbocycles. The molecular weight excluding hydrogens is 399 g/mol. The quantitative estimate of drug-likeness (QED) is 0.304. The Morgan fingerprint density at radius 3 is 1.42 bits per heavy atom. The number of benzene rings is 4. The third kappa shape index (κ3) is 3.76. The predicted octanol–water partition coefficient (Wildman–Crippen LogP) is 6.26. The Kier molecular flexibility index (Phi) is 5.35. The minimum absolute atomic E-state index is 0.601. The Labute approximate surface area is 182 Å². The van der Waals surface area contributed by atoms with Gasteiger partial charge in [0.2, 0.25) is 0 Å². The molecule has 0 saturated heterocycles. The fraction of sp³-hybridized carbons (Fsp3) is 0. The topological polar surface area (TPSA) is 40.1 Å². The molecule has 0 saturated carbocycles. The van der Waals surface area contributed by atoms with Crippen LogP contribution in [-0.2, 0) is 0 Å². The van der Waals surface area contributed by atoms with Crippen molar-refractivity contribution < 1.29 is 4.52 Å². The van der Waals surface area contributed by atoms with Crippen LogP contribution < -0.4 is 15.9 Å². The van der Waals surface area contributed by atoms with Crippen molar-refractivity contribution in [2.75, 3.05) is 0 Å². The minimum atomic E-state index is -2.35. The lowest BCUT2D eigenvalue weighted by Crippen LogP contribution is -2.29. The molecule has 4 heteroatoms. The molecule has 5 rings (SSSR count). The molecule has 0 bridgehead atoms. The van der Waals surface area contributed by atoms with E-state index in [9.17, 15) is 0 Å². The van der Waals surface area contributed by atoms with Crippen LogP contribution in [0.2, 0.25) is 0 Å². The number of aromatic nitrogens is 1. The molecule has 0 aliphatic heterocycles. The number of hydrogen-bond acceptors (Lipinski definition) is 2. The van der Waals surface area contributed by atoms with Gasteiger partial charge in [0.25, 0.3) is 0 Å². The summed E-state index contributed by atoms with van der Waals surface area (Å²) < 4.78 is 5.68. The molecule has 0 radical (unpaired) electrons. The van der Waals surface area contributed by atoms with Gasteiger partial charge in [-0.3, -0.25) is 10.2 Å².